The number of rotatable bonds is 6. The van der Waals surface area contributed by atoms with Gasteiger partial charge in [0.15, 0.2) is 0 Å². The van der Waals surface area contributed by atoms with E-state index in [4.69, 9.17) is 9.84 Å². The minimum atomic E-state index is -0.948. The van der Waals surface area contributed by atoms with Crippen LogP contribution in [0.3, 0.4) is 0 Å². The molecular formula is C11H15NO4S. The Morgan fingerprint density at radius 1 is 1.53 bits per heavy atom. The maximum Gasteiger partial charge on any atom is 0.345 e. The van der Waals surface area contributed by atoms with Crippen molar-refractivity contribution in [2.75, 3.05) is 7.11 Å². The van der Waals surface area contributed by atoms with Crippen molar-refractivity contribution in [1.29, 1.82) is 0 Å². The lowest BCUT2D eigenvalue weighted by Gasteiger charge is -2.12. The number of aromatic carboxylic acids is 1. The molecule has 0 fully saturated rings. The number of amides is 1. The number of nitrogens with one attached hydrogen (secondary N) is 1. The summed E-state index contributed by atoms with van der Waals surface area (Å²) in [5, 5.41) is 11.4. The predicted octanol–water partition coefficient (Wildman–Crippen LogP) is 1.49. The van der Waals surface area contributed by atoms with Crippen molar-refractivity contribution >= 4 is 23.2 Å². The number of carbonyl (C=O) groups excluding carboxylic acids is 1. The molecule has 0 radical (unpaired) electrons. The number of methoxy groups -OCH3 is 1. The third-order valence-electron chi connectivity index (χ3n) is 2.26. The topological polar surface area (TPSA) is 75.6 Å². The van der Waals surface area contributed by atoms with Crippen LogP contribution in [0.5, 0.6) is 0 Å². The zero-order valence-corrected chi connectivity index (χ0v) is 10.5. The normalized spacial score (nSPS) is 12.1. The fourth-order valence-electron chi connectivity index (χ4n) is 1.34. The van der Waals surface area contributed by atoms with Gasteiger partial charge in [-0.3, -0.25) is 4.79 Å². The second-order valence-corrected chi connectivity index (χ2v) is 4.59. The van der Waals surface area contributed by atoms with Crippen LogP contribution in [0.15, 0.2) is 12.1 Å². The summed E-state index contributed by atoms with van der Waals surface area (Å²) in [6.45, 7) is 2.19. The molecule has 0 aromatic carbocycles. The molecule has 0 bridgehead atoms. The van der Waals surface area contributed by atoms with E-state index < -0.39 is 12.1 Å². The van der Waals surface area contributed by atoms with Crippen molar-refractivity contribution in [3.8, 4) is 0 Å². The monoisotopic (exact) mass is 257 g/mol. The molecule has 1 heterocycles. The average Bonchev–Trinajstić information content (AvgIpc) is 2.76. The van der Waals surface area contributed by atoms with Gasteiger partial charge in [-0.25, -0.2) is 4.79 Å². The second-order valence-electron chi connectivity index (χ2n) is 3.42. The Bertz CT molecular complexity index is 398. The average molecular weight is 257 g/mol. The molecule has 1 aromatic heterocycles. The maximum absolute atomic E-state index is 11.6. The van der Waals surface area contributed by atoms with E-state index in [0.29, 0.717) is 13.0 Å². The number of carboxylic acids is 1. The molecule has 1 atom stereocenters. The zero-order chi connectivity index (χ0) is 12.8. The van der Waals surface area contributed by atoms with E-state index in [1.54, 1.807) is 6.07 Å². The Hall–Kier alpha value is -1.40. The minimum Gasteiger partial charge on any atom is -0.477 e. The lowest BCUT2D eigenvalue weighted by Crippen LogP contribution is -2.34. The molecule has 1 aromatic rings. The van der Waals surface area contributed by atoms with E-state index in [2.05, 4.69) is 5.32 Å². The lowest BCUT2D eigenvalue weighted by atomic mass is 10.2. The lowest BCUT2D eigenvalue weighted by molar-refractivity contribution is -0.131. The van der Waals surface area contributed by atoms with Gasteiger partial charge in [-0.05, 0) is 18.6 Å². The number of hydrogen-bond donors (Lipinski definition) is 2. The Labute approximate surface area is 103 Å². The van der Waals surface area contributed by atoms with Crippen molar-refractivity contribution in [1.82, 2.24) is 5.32 Å². The highest BCUT2D eigenvalue weighted by Gasteiger charge is 2.15. The number of carbonyl (C=O) groups is 2. The van der Waals surface area contributed by atoms with E-state index in [1.165, 1.54) is 13.2 Å². The molecule has 5 nitrogen and oxygen atoms in total. The molecule has 1 rings (SSSR count). The fraction of sp³-hybridized carbons (Fsp3) is 0.455. The molecule has 6 heteroatoms. The molecule has 17 heavy (non-hydrogen) atoms. The molecule has 1 unspecified atom stereocenters. The smallest absolute Gasteiger partial charge is 0.345 e. The van der Waals surface area contributed by atoms with E-state index in [1.807, 2.05) is 6.92 Å². The summed E-state index contributed by atoms with van der Waals surface area (Å²) >= 11 is 1.15. The van der Waals surface area contributed by atoms with Gasteiger partial charge >= 0.3 is 5.97 Å². The van der Waals surface area contributed by atoms with Gasteiger partial charge in [-0.2, -0.15) is 0 Å². The van der Waals surface area contributed by atoms with Gasteiger partial charge in [-0.15, -0.1) is 11.3 Å². The van der Waals surface area contributed by atoms with Crippen LogP contribution in [0, 0.1) is 0 Å². The predicted molar refractivity (Wildman–Crippen MR) is 64.2 cm³/mol. The molecule has 0 aliphatic carbocycles. The molecule has 0 aliphatic rings. The van der Waals surface area contributed by atoms with Crippen molar-refractivity contribution in [2.45, 2.75) is 26.0 Å². The first kappa shape index (κ1) is 13.7. The summed E-state index contributed by atoms with van der Waals surface area (Å²) in [5.74, 6) is -1.13. The Morgan fingerprint density at radius 3 is 2.71 bits per heavy atom. The Kier molecular flexibility index (Phi) is 5.11. The maximum atomic E-state index is 11.6. The number of thiophene rings is 1. The second kappa shape index (κ2) is 6.36. The van der Waals surface area contributed by atoms with Gasteiger partial charge in [0, 0.05) is 12.0 Å². The van der Waals surface area contributed by atoms with Gasteiger partial charge in [-0.1, -0.05) is 6.92 Å². The third kappa shape index (κ3) is 3.83. The van der Waals surface area contributed by atoms with E-state index in [0.717, 1.165) is 16.2 Å². The van der Waals surface area contributed by atoms with Crippen LogP contribution >= 0.6 is 11.3 Å². The van der Waals surface area contributed by atoms with Crippen LogP contribution in [0.2, 0.25) is 0 Å². The van der Waals surface area contributed by atoms with Crippen LogP contribution in [-0.2, 0) is 16.1 Å². The van der Waals surface area contributed by atoms with E-state index in [9.17, 15) is 9.59 Å². The first-order chi connectivity index (χ1) is 8.08. The van der Waals surface area contributed by atoms with E-state index in [-0.39, 0.29) is 10.8 Å². The van der Waals surface area contributed by atoms with Gasteiger partial charge in [0.2, 0.25) is 5.91 Å². The molecule has 2 N–H and O–H groups in total. The van der Waals surface area contributed by atoms with Crippen LogP contribution in [0.4, 0.5) is 0 Å². The first-order valence-electron chi connectivity index (χ1n) is 5.21. The first-order valence-corrected chi connectivity index (χ1v) is 6.02. The number of ether oxygens (including phenoxy) is 1. The van der Waals surface area contributed by atoms with Gasteiger partial charge in [0.05, 0.1) is 6.54 Å². The third-order valence-corrected chi connectivity index (χ3v) is 3.33. The molecule has 0 saturated heterocycles. The van der Waals surface area contributed by atoms with Crippen LogP contribution < -0.4 is 5.32 Å². The molecule has 94 valence electrons. The van der Waals surface area contributed by atoms with Crippen molar-refractivity contribution in [3.63, 3.8) is 0 Å². The largest absolute Gasteiger partial charge is 0.477 e. The standard InChI is InChI=1S/C11H15NO4S/c1-3-8(16-2)10(13)12-6-7-4-5-9(17-7)11(14)15/h4-5,8H,3,6H2,1-2H3,(H,12,13)(H,14,15). The van der Waals surface area contributed by atoms with Gasteiger partial charge < -0.3 is 15.2 Å². The highest BCUT2D eigenvalue weighted by atomic mass is 32.1. The van der Waals surface area contributed by atoms with Crippen LogP contribution in [-0.4, -0.2) is 30.2 Å². The van der Waals surface area contributed by atoms with Crippen molar-refractivity contribution in [3.05, 3.63) is 21.9 Å². The summed E-state index contributed by atoms with van der Waals surface area (Å²) in [7, 11) is 1.49. The van der Waals surface area contributed by atoms with Crippen molar-refractivity contribution < 1.29 is 19.4 Å². The quantitative estimate of drug-likeness (QED) is 0.809. The highest BCUT2D eigenvalue weighted by molar-refractivity contribution is 7.13. The van der Waals surface area contributed by atoms with Crippen LogP contribution in [0.1, 0.15) is 27.9 Å². The highest BCUT2D eigenvalue weighted by Crippen LogP contribution is 2.16. The molecule has 0 spiro atoms. The molecule has 0 aliphatic heterocycles. The molecular weight excluding hydrogens is 242 g/mol. The summed E-state index contributed by atoms with van der Waals surface area (Å²) in [6, 6.07) is 3.23. The SMILES string of the molecule is CCC(OC)C(=O)NCc1ccc(C(=O)O)s1. The summed E-state index contributed by atoms with van der Waals surface area (Å²) in [4.78, 5) is 23.3. The summed E-state index contributed by atoms with van der Waals surface area (Å²) in [6.07, 6.45) is 0.154. The number of hydrogen-bond acceptors (Lipinski definition) is 4. The molecule has 0 saturated carbocycles. The van der Waals surface area contributed by atoms with Gasteiger partial charge in [0.1, 0.15) is 11.0 Å². The van der Waals surface area contributed by atoms with Gasteiger partial charge in [0.25, 0.3) is 0 Å². The summed E-state index contributed by atoms with van der Waals surface area (Å²) in [5.41, 5.74) is 0. The zero-order valence-electron chi connectivity index (χ0n) is 9.73. The van der Waals surface area contributed by atoms with Crippen molar-refractivity contribution in [2.24, 2.45) is 0 Å². The van der Waals surface area contributed by atoms with E-state index >= 15 is 0 Å². The Balaban J connectivity index is 2.49. The Morgan fingerprint density at radius 2 is 2.24 bits per heavy atom. The fourth-order valence-corrected chi connectivity index (χ4v) is 2.12. The molecule has 1 amide bonds. The van der Waals surface area contributed by atoms with Crippen LogP contribution in [0.25, 0.3) is 0 Å². The minimum absolute atomic E-state index is 0.180. The summed E-state index contributed by atoms with van der Waals surface area (Å²) < 4.78 is 4.99. The number of carboxylic acid groups (broad SMARTS) is 1.